The molecule has 0 spiro atoms. The zero-order valence-corrected chi connectivity index (χ0v) is 19.5. The van der Waals surface area contributed by atoms with Gasteiger partial charge in [-0.1, -0.05) is 80.6 Å². The van der Waals surface area contributed by atoms with Gasteiger partial charge in [-0.2, -0.15) is 5.10 Å². The van der Waals surface area contributed by atoms with E-state index >= 15 is 0 Å². The van der Waals surface area contributed by atoms with Gasteiger partial charge in [-0.05, 0) is 23.3 Å². The first kappa shape index (κ1) is 29.1. The highest BCUT2D eigenvalue weighted by Gasteiger charge is 2.22. The van der Waals surface area contributed by atoms with Crippen LogP contribution in [-0.4, -0.2) is 39.0 Å². The van der Waals surface area contributed by atoms with Gasteiger partial charge in [0.05, 0.1) is 28.9 Å². The Balaban J connectivity index is 0.00000289. The molecule has 0 aliphatic carbocycles. The SMILES string of the molecule is C.C.COc1cnn(C)c(=O)c1-c1ccc(C[C@H](NC(=S)c2c(Cl)cccc2Cl)C(=O)O)cc1. The van der Waals surface area contributed by atoms with Crippen molar-refractivity contribution in [1.82, 2.24) is 15.1 Å². The Hall–Kier alpha value is -2.94. The molecule has 0 radical (unpaired) electrons. The second kappa shape index (κ2) is 12.5. The minimum Gasteiger partial charge on any atom is -0.494 e. The number of aryl methyl sites for hydroxylation is 1. The Kier molecular flexibility index (Phi) is 10.7. The van der Waals surface area contributed by atoms with E-state index in [9.17, 15) is 14.7 Å². The molecule has 10 heteroatoms. The summed E-state index contributed by atoms with van der Waals surface area (Å²) in [4.78, 5) is 24.5. The average molecular weight is 524 g/mol. The summed E-state index contributed by atoms with van der Waals surface area (Å²) in [6.07, 6.45) is 1.61. The van der Waals surface area contributed by atoms with Crippen molar-refractivity contribution in [3.8, 4) is 16.9 Å². The van der Waals surface area contributed by atoms with Crippen LogP contribution in [0.3, 0.4) is 0 Å². The first-order valence-corrected chi connectivity index (χ1v) is 10.6. The number of aromatic nitrogens is 2. The number of carbonyl (C=O) groups is 1. The number of hydrogen-bond acceptors (Lipinski definition) is 5. The molecule has 0 saturated heterocycles. The average Bonchev–Trinajstić information content (AvgIpc) is 2.75. The smallest absolute Gasteiger partial charge is 0.326 e. The minimum atomic E-state index is -1.08. The van der Waals surface area contributed by atoms with Crippen LogP contribution in [0.1, 0.15) is 26.0 Å². The molecular weight excluding hydrogens is 497 g/mol. The molecule has 3 rings (SSSR count). The lowest BCUT2D eigenvalue weighted by molar-refractivity contribution is -0.139. The van der Waals surface area contributed by atoms with Crippen molar-refractivity contribution in [3.05, 3.63) is 80.2 Å². The summed E-state index contributed by atoms with van der Waals surface area (Å²) in [7, 11) is 3.02. The topological polar surface area (TPSA) is 93.5 Å². The maximum absolute atomic E-state index is 12.5. The molecule has 1 aromatic heterocycles. The van der Waals surface area contributed by atoms with Gasteiger partial charge in [-0.15, -0.1) is 0 Å². The number of thiocarbonyl (C=S) groups is 1. The summed E-state index contributed by atoms with van der Waals surface area (Å²) in [5.74, 6) is -0.725. The van der Waals surface area contributed by atoms with E-state index < -0.39 is 12.0 Å². The Bertz CT molecular complexity index is 1210. The lowest BCUT2D eigenvalue weighted by Crippen LogP contribution is -2.42. The number of carboxylic acid groups (broad SMARTS) is 1. The summed E-state index contributed by atoms with van der Waals surface area (Å²) in [6.45, 7) is 0. The van der Waals surface area contributed by atoms with Gasteiger partial charge in [0.2, 0.25) is 0 Å². The minimum absolute atomic E-state index is 0. The van der Waals surface area contributed by atoms with Gasteiger partial charge in [0, 0.05) is 19.0 Å². The van der Waals surface area contributed by atoms with Crippen molar-refractivity contribution in [2.24, 2.45) is 7.05 Å². The van der Waals surface area contributed by atoms with E-state index in [1.54, 1.807) is 49.5 Å². The number of hydrogen-bond donors (Lipinski definition) is 2. The van der Waals surface area contributed by atoms with E-state index in [0.717, 1.165) is 5.56 Å². The zero-order valence-electron chi connectivity index (χ0n) is 17.1. The van der Waals surface area contributed by atoms with Crippen LogP contribution in [-0.2, 0) is 18.3 Å². The third-order valence-electron chi connectivity index (χ3n) is 4.80. The van der Waals surface area contributed by atoms with E-state index in [4.69, 9.17) is 40.2 Å². The van der Waals surface area contributed by atoms with Gasteiger partial charge < -0.3 is 15.2 Å². The van der Waals surface area contributed by atoms with Crippen LogP contribution in [0.4, 0.5) is 0 Å². The molecule has 3 aromatic rings. The van der Waals surface area contributed by atoms with Crippen molar-refractivity contribution in [2.45, 2.75) is 27.3 Å². The molecule has 0 amide bonds. The van der Waals surface area contributed by atoms with Crippen LogP contribution in [0.2, 0.25) is 10.0 Å². The Labute approximate surface area is 214 Å². The highest BCUT2D eigenvalue weighted by Crippen LogP contribution is 2.27. The first-order chi connectivity index (χ1) is 15.2. The summed E-state index contributed by atoms with van der Waals surface area (Å²) < 4.78 is 6.49. The van der Waals surface area contributed by atoms with E-state index in [-0.39, 0.29) is 31.8 Å². The monoisotopic (exact) mass is 523 g/mol. The fourth-order valence-corrected chi connectivity index (χ4v) is 4.19. The summed E-state index contributed by atoms with van der Waals surface area (Å²) in [6, 6.07) is 10.9. The van der Waals surface area contributed by atoms with Crippen molar-refractivity contribution in [2.75, 3.05) is 7.11 Å². The molecule has 34 heavy (non-hydrogen) atoms. The zero-order chi connectivity index (χ0) is 23.4. The van der Waals surface area contributed by atoms with E-state index in [0.29, 0.717) is 32.5 Å². The van der Waals surface area contributed by atoms with Crippen molar-refractivity contribution in [3.63, 3.8) is 0 Å². The number of nitrogens with one attached hydrogen (secondary N) is 1. The molecule has 0 unspecified atom stereocenters. The number of benzene rings is 2. The highest BCUT2D eigenvalue weighted by atomic mass is 35.5. The second-order valence-electron chi connectivity index (χ2n) is 6.88. The van der Waals surface area contributed by atoms with E-state index in [1.807, 2.05) is 0 Å². The standard InChI is InChI=1S/C22H19Cl2N3O4S.2CH4/c1-27-21(28)18(17(31-2)11-25-27)13-8-6-12(7-9-13)10-16(22(29)30)26-20(32)19-14(23)4-3-5-15(19)24;;/h3-9,11,16H,10H2,1-2H3,(H,26,32)(H,29,30);2*1H4/t16-;;/m0../s1. The normalized spacial score (nSPS) is 10.9. The molecular formula is C24H27Cl2N3O4S. The van der Waals surface area contributed by atoms with Gasteiger partial charge in [0.15, 0.2) is 5.75 Å². The fourth-order valence-electron chi connectivity index (χ4n) is 3.13. The Morgan fingerprint density at radius 1 is 1.18 bits per heavy atom. The van der Waals surface area contributed by atoms with Crippen molar-refractivity contribution < 1.29 is 14.6 Å². The summed E-state index contributed by atoms with van der Waals surface area (Å²) in [5.41, 5.74) is 1.81. The third-order valence-corrected chi connectivity index (χ3v) is 5.75. The largest absolute Gasteiger partial charge is 0.494 e. The van der Waals surface area contributed by atoms with Crippen LogP contribution < -0.4 is 15.6 Å². The van der Waals surface area contributed by atoms with Crippen LogP contribution in [0.15, 0.2) is 53.5 Å². The van der Waals surface area contributed by atoms with Gasteiger partial charge >= 0.3 is 5.97 Å². The number of halogens is 2. The van der Waals surface area contributed by atoms with Gasteiger partial charge in [0.1, 0.15) is 11.0 Å². The molecule has 0 aliphatic rings. The number of methoxy groups -OCH3 is 1. The number of rotatable bonds is 7. The van der Waals surface area contributed by atoms with Crippen LogP contribution in [0, 0.1) is 0 Å². The Morgan fingerprint density at radius 2 is 1.76 bits per heavy atom. The number of ether oxygens (including phenoxy) is 1. The lowest BCUT2D eigenvalue weighted by atomic mass is 10.0. The van der Waals surface area contributed by atoms with Gasteiger partial charge in [-0.25, -0.2) is 9.48 Å². The van der Waals surface area contributed by atoms with Crippen molar-refractivity contribution >= 4 is 46.4 Å². The van der Waals surface area contributed by atoms with Crippen LogP contribution in [0.5, 0.6) is 5.75 Å². The predicted octanol–water partition coefficient (Wildman–Crippen LogP) is 5.00. The molecule has 1 atom stereocenters. The van der Waals surface area contributed by atoms with E-state index in [1.165, 1.54) is 18.0 Å². The molecule has 1 heterocycles. The molecule has 7 nitrogen and oxygen atoms in total. The molecule has 0 bridgehead atoms. The number of nitrogens with zero attached hydrogens (tertiary/aromatic N) is 2. The van der Waals surface area contributed by atoms with E-state index in [2.05, 4.69) is 10.4 Å². The highest BCUT2D eigenvalue weighted by molar-refractivity contribution is 7.80. The number of aliphatic carboxylic acids is 1. The van der Waals surface area contributed by atoms with Crippen LogP contribution >= 0.6 is 35.4 Å². The lowest BCUT2D eigenvalue weighted by Gasteiger charge is -2.18. The third kappa shape index (κ3) is 6.34. The van der Waals surface area contributed by atoms with Gasteiger partial charge in [-0.3, -0.25) is 4.79 Å². The maximum atomic E-state index is 12.5. The van der Waals surface area contributed by atoms with Crippen molar-refractivity contribution in [1.29, 1.82) is 0 Å². The predicted molar refractivity (Wildman–Crippen MR) is 141 cm³/mol. The molecule has 0 aliphatic heterocycles. The molecule has 0 fully saturated rings. The van der Waals surface area contributed by atoms with Gasteiger partial charge in [0.25, 0.3) is 5.56 Å². The fraction of sp³-hybridized carbons (Fsp3) is 0.250. The number of carboxylic acids is 1. The van der Waals surface area contributed by atoms with Crippen LogP contribution in [0.25, 0.3) is 11.1 Å². The second-order valence-corrected chi connectivity index (χ2v) is 8.10. The molecule has 2 N–H and O–H groups in total. The quantitative estimate of drug-likeness (QED) is 0.421. The summed E-state index contributed by atoms with van der Waals surface area (Å²) >= 11 is 17.7. The molecule has 0 saturated carbocycles. The molecule has 182 valence electrons. The first-order valence-electron chi connectivity index (χ1n) is 9.40. The Morgan fingerprint density at radius 3 is 2.29 bits per heavy atom. The summed E-state index contributed by atoms with van der Waals surface area (Å²) in [5, 5.41) is 17.1. The molecule has 2 aromatic carbocycles. The maximum Gasteiger partial charge on any atom is 0.326 e.